The van der Waals surface area contributed by atoms with Gasteiger partial charge in [0.2, 0.25) is 0 Å². The molecule has 0 aliphatic carbocycles. The van der Waals surface area contributed by atoms with Crippen molar-refractivity contribution in [3.8, 4) is 0 Å². The molecular formula is C17H22N4. The van der Waals surface area contributed by atoms with E-state index in [9.17, 15) is 0 Å². The van der Waals surface area contributed by atoms with Gasteiger partial charge in [0.05, 0.1) is 11.0 Å². The predicted octanol–water partition coefficient (Wildman–Crippen LogP) is 2.30. The van der Waals surface area contributed by atoms with Crippen LogP contribution >= 0.6 is 0 Å². The van der Waals surface area contributed by atoms with Gasteiger partial charge in [-0.25, -0.2) is 0 Å². The number of benzene rings is 1. The summed E-state index contributed by atoms with van der Waals surface area (Å²) in [5.41, 5.74) is 3.33. The third-order valence-corrected chi connectivity index (χ3v) is 4.99. The van der Waals surface area contributed by atoms with Gasteiger partial charge in [-0.05, 0) is 44.0 Å². The molecule has 2 fully saturated rings. The standard InChI is InChI=1S/C17H22N4/c1-13-10-20-8-2-3-15(20)12-21(13)11-14-4-5-16-17(9-14)19-7-6-18-16/h4-7,9,13,15H,2-3,8,10-12H2,1H3/t13-,15?/m0/s1. The van der Waals surface area contributed by atoms with Gasteiger partial charge in [-0.2, -0.15) is 0 Å². The first-order chi connectivity index (χ1) is 10.3. The van der Waals surface area contributed by atoms with Gasteiger partial charge < -0.3 is 0 Å². The monoisotopic (exact) mass is 282 g/mol. The molecule has 4 heteroatoms. The van der Waals surface area contributed by atoms with Crippen molar-refractivity contribution in [2.75, 3.05) is 19.6 Å². The van der Waals surface area contributed by atoms with Crippen molar-refractivity contribution in [1.82, 2.24) is 19.8 Å². The van der Waals surface area contributed by atoms with Crippen molar-refractivity contribution in [1.29, 1.82) is 0 Å². The van der Waals surface area contributed by atoms with E-state index in [2.05, 4.69) is 44.9 Å². The first-order valence-corrected chi connectivity index (χ1v) is 7.97. The Morgan fingerprint density at radius 1 is 1.14 bits per heavy atom. The first-order valence-electron chi connectivity index (χ1n) is 7.97. The highest BCUT2D eigenvalue weighted by atomic mass is 15.3. The Morgan fingerprint density at radius 2 is 2.00 bits per heavy atom. The molecule has 1 unspecified atom stereocenters. The second kappa shape index (κ2) is 5.35. The smallest absolute Gasteiger partial charge is 0.0890 e. The van der Waals surface area contributed by atoms with Crippen LogP contribution in [0.25, 0.3) is 11.0 Å². The van der Waals surface area contributed by atoms with Crippen molar-refractivity contribution in [3.63, 3.8) is 0 Å². The van der Waals surface area contributed by atoms with E-state index in [1.807, 2.05) is 0 Å². The molecule has 110 valence electrons. The molecule has 2 atom stereocenters. The first kappa shape index (κ1) is 13.2. The van der Waals surface area contributed by atoms with E-state index in [1.54, 1.807) is 12.4 Å². The molecule has 0 radical (unpaired) electrons. The zero-order valence-electron chi connectivity index (χ0n) is 12.6. The maximum absolute atomic E-state index is 4.42. The lowest BCUT2D eigenvalue weighted by Gasteiger charge is -2.42. The summed E-state index contributed by atoms with van der Waals surface area (Å²) in [5.74, 6) is 0. The molecular weight excluding hydrogens is 260 g/mol. The van der Waals surface area contributed by atoms with E-state index < -0.39 is 0 Å². The highest BCUT2D eigenvalue weighted by molar-refractivity contribution is 5.74. The van der Waals surface area contributed by atoms with Crippen LogP contribution in [0.5, 0.6) is 0 Å². The Morgan fingerprint density at radius 3 is 2.90 bits per heavy atom. The zero-order chi connectivity index (χ0) is 14.2. The zero-order valence-corrected chi connectivity index (χ0v) is 12.6. The summed E-state index contributed by atoms with van der Waals surface area (Å²) in [5, 5.41) is 0. The van der Waals surface area contributed by atoms with Crippen LogP contribution in [0.4, 0.5) is 0 Å². The SMILES string of the molecule is C[C@H]1CN2CCCC2CN1Cc1ccc2nccnc2c1. The molecule has 21 heavy (non-hydrogen) atoms. The second-order valence-corrected chi connectivity index (χ2v) is 6.45. The van der Waals surface area contributed by atoms with Crippen LogP contribution < -0.4 is 0 Å². The average Bonchev–Trinajstić information content (AvgIpc) is 2.94. The van der Waals surface area contributed by atoms with Crippen molar-refractivity contribution < 1.29 is 0 Å². The van der Waals surface area contributed by atoms with Crippen LogP contribution in [-0.2, 0) is 6.54 Å². The van der Waals surface area contributed by atoms with Crippen LogP contribution in [0, 0.1) is 0 Å². The van der Waals surface area contributed by atoms with E-state index in [4.69, 9.17) is 0 Å². The Bertz CT molecular complexity index is 641. The van der Waals surface area contributed by atoms with Gasteiger partial charge in [0.25, 0.3) is 0 Å². The van der Waals surface area contributed by atoms with Gasteiger partial charge in [-0.1, -0.05) is 6.07 Å². The molecule has 0 N–H and O–H groups in total. The molecule has 4 rings (SSSR count). The lowest BCUT2D eigenvalue weighted by molar-refractivity contribution is 0.0540. The van der Waals surface area contributed by atoms with Crippen molar-refractivity contribution >= 4 is 11.0 Å². The van der Waals surface area contributed by atoms with E-state index in [0.29, 0.717) is 6.04 Å². The molecule has 2 aliphatic rings. The van der Waals surface area contributed by atoms with Crippen molar-refractivity contribution in [3.05, 3.63) is 36.2 Å². The molecule has 2 aromatic rings. The lowest BCUT2D eigenvalue weighted by atomic mass is 10.1. The van der Waals surface area contributed by atoms with Crippen LogP contribution in [0.2, 0.25) is 0 Å². The van der Waals surface area contributed by atoms with Gasteiger partial charge >= 0.3 is 0 Å². The van der Waals surface area contributed by atoms with Gasteiger partial charge in [-0.15, -0.1) is 0 Å². The molecule has 0 spiro atoms. The largest absolute Gasteiger partial charge is 0.298 e. The number of nitrogens with zero attached hydrogens (tertiary/aromatic N) is 4. The minimum Gasteiger partial charge on any atom is -0.298 e. The fourth-order valence-electron chi connectivity index (χ4n) is 3.81. The molecule has 0 amide bonds. The third kappa shape index (κ3) is 2.54. The maximum atomic E-state index is 4.42. The maximum Gasteiger partial charge on any atom is 0.0890 e. The summed E-state index contributed by atoms with van der Waals surface area (Å²) in [6.45, 7) is 7.11. The van der Waals surface area contributed by atoms with Crippen molar-refractivity contribution in [2.45, 2.75) is 38.4 Å². The van der Waals surface area contributed by atoms with E-state index in [-0.39, 0.29) is 0 Å². The molecule has 0 bridgehead atoms. The number of aromatic nitrogens is 2. The van der Waals surface area contributed by atoms with Gasteiger partial charge in [0.15, 0.2) is 0 Å². The fourth-order valence-corrected chi connectivity index (χ4v) is 3.81. The summed E-state index contributed by atoms with van der Waals surface area (Å²) >= 11 is 0. The van der Waals surface area contributed by atoms with Crippen LogP contribution in [-0.4, -0.2) is 51.5 Å². The second-order valence-electron chi connectivity index (χ2n) is 6.45. The fraction of sp³-hybridized carbons (Fsp3) is 0.529. The molecule has 1 aromatic heterocycles. The number of rotatable bonds is 2. The summed E-state index contributed by atoms with van der Waals surface area (Å²) in [4.78, 5) is 14.1. The summed E-state index contributed by atoms with van der Waals surface area (Å²) < 4.78 is 0. The van der Waals surface area contributed by atoms with Crippen molar-refractivity contribution in [2.24, 2.45) is 0 Å². The average molecular weight is 282 g/mol. The van der Waals surface area contributed by atoms with Crippen LogP contribution in [0.3, 0.4) is 0 Å². The summed E-state index contributed by atoms with van der Waals surface area (Å²) in [6.07, 6.45) is 6.26. The number of hydrogen-bond acceptors (Lipinski definition) is 4. The molecule has 2 aliphatic heterocycles. The molecule has 0 saturated carbocycles. The van der Waals surface area contributed by atoms with E-state index in [0.717, 1.165) is 23.6 Å². The van der Waals surface area contributed by atoms with Crippen LogP contribution in [0.1, 0.15) is 25.3 Å². The summed E-state index contributed by atoms with van der Waals surface area (Å²) in [6, 6.07) is 7.90. The highest BCUT2D eigenvalue weighted by Crippen LogP contribution is 2.26. The Hall–Kier alpha value is -1.52. The minimum absolute atomic E-state index is 0.636. The Balaban J connectivity index is 1.53. The number of piperazine rings is 1. The van der Waals surface area contributed by atoms with E-state index in [1.165, 1.54) is 38.0 Å². The van der Waals surface area contributed by atoms with Gasteiger partial charge in [-0.3, -0.25) is 19.8 Å². The minimum atomic E-state index is 0.636. The predicted molar refractivity (Wildman–Crippen MR) is 84.0 cm³/mol. The van der Waals surface area contributed by atoms with Crippen LogP contribution in [0.15, 0.2) is 30.6 Å². The quantitative estimate of drug-likeness (QED) is 0.846. The highest BCUT2D eigenvalue weighted by Gasteiger charge is 2.34. The molecule has 4 nitrogen and oxygen atoms in total. The molecule has 2 saturated heterocycles. The molecule has 1 aromatic carbocycles. The number of hydrogen-bond donors (Lipinski definition) is 0. The topological polar surface area (TPSA) is 32.3 Å². The lowest BCUT2D eigenvalue weighted by Crippen LogP contribution is -2.54. The Kier molecular flexibility index (Phi) is 3.36. The van der Waals surface area contributed by atoms with Gasteiger partial charge in [0, 0.05) is 44.1 Å². The van der Waals surface area contributed by atoms with E-state index >= 15 is 0 Å². The molecule has 3 heterocycles. The normalized spacial score (nSPS) is 27.1. The number of fused-ring (bicyclic) bond motifs is 2. The Labute approximate surface area is 125 Å². The summed E-state index contributed by atoms with van der Waals surface area (Å²) in [7, 11) is 0. The van der Waals surface area contributed by atoms with Gasteiger partial charge in [0.1, 0.15) is 0 Å². The third-order valence-electron chi connectivity index (χ3n) is 4.99.